The Hall–Kier alpha value is -1.53. The molecule has 1 saturated heterocycles. The molecule has 1 aromatic carbocycles. The highest BCUT2D eigenvalue weighted by molar-refractivity contribution is 7.99. The number of amides is 1. The number of aromatic amines is 1. The van der Waals surface area contributed by atoms with Crippen LogP contribution >= 0.6 is 23.4 Å². The number of nitrogens with one attached hydrogen (secondary N) is 1. The summed E-state index contributed by atoms with van der Waals surface area (Å²) >= 11 is 7.74. The number of nitrogens with zero attached hydrogens (tertiary/aromatic N) is 3. The van der Waals surface area contributed by atoms with Crippen LogP contribution in [0.4, 0.5) is 0 Å². The smallest absolute Gasteiger partial charge is 0.233 e. The fraction of sp³-hybridized carbons (Fsp3) is 0.438. The summed E-state index contributed by atoms with van der Waals surface area (Å²) in [6.07, 6.45) is 1.93. The molecule has 1 amide bonds. The van der Waals surface area contributed by atoms with Gasteiger partial charge in [0.05, 0.1) is 11.8 Å². The minimum absolute atomic E-state index is 0.00774. The summed E-state index contributed by atoms with van der Waals surface area (Å²) < 4.78 is 0. The van der Waals surface area contributed by atoms with Gasteiger partial charge in [0.1, 0.15) is 5.82 Å². The molecule has 1 aliphatic rings. The highest BCUT2D eigenvalue weighted by Gasteiger charge is 2.32. The number of H-pyrrole nitrogens is 1. The minimum Gasteiger partial charge on any atom is -0.332 e. The summed E-state index contributed by atoms with van der Waals surface area (Å²) in [6.45, 7) is 2.65. The van der Waals surface area contributed by atoms with Gasteiger partial charge in [-0.15, -0.1) is 11.8 Å². The molecule has 0 radical (unpaired) electrons. The molecule has 3 rings (SSSR count). The van der Waals surface area contributed by atoms with Crippen molar-refractivity contribution in [3.8, 4) is 0 Å². The Morgan fingerprint density at radius 1 is 1.48 bits per heavy atom. The van der Waals surface area contributed by atoms with Crippen molar-refractivity contribution < 1.29 is 4.79 Å². The van der Waals surface area contributed by atoms with Crippen LogP contribution in [0.1, 0.15) is 36.1 Å². The first-order valence-corrected chi connectivity index (χ1v) is 9.18. The summed E-state index contributed by atoms with van der Waals surface area (Å²) in [5, 5.41) is 7.83. The second-order valence-electron chi connectivity index (χ2n) is 5.61. The van der Waals surface area contributed by atoms with Gasteiger partial charge < -0.3 is 4.90 Å². The summed E-state index contributed by atoms with van der Waals surface area (Å²) in [5.41, 5.74) is 1.06. The first-order chi connectivity index (χ1) is 11.1. The maximum Gasteiger partial charge on any atom is 0.233 e. The van der Waals surface area contributed by atoms with E-state index in [4.69, 9.17) is 11.6 Å². The Morgan fingerprint density at radius 2 is 2.30 bits per heavy atom. The molecule has 5 nitrogen and oxygen atoms in total. The van der Waals surface area contributed by atoms with E-state index in [-0.39, 0.29) is 11.9 Å². The SMILES string of the molecule is Cc1nc([C@@H]2CCCN2C(=O)CSCc2ccccc2Cl)n[nH]1. The van der Waals surface area contributed by atoms with Crippen molar-refractivity contribution in [2.24, 2.45) is 0 Å². The van der Waals surface area contributed by atoms with Crippen molar-refractivity contribution in [3.05, 3.63) is 46.5 Å². The first kappa shape index (κ1) is 16.3. The van der Waals surface area contributed by atoms with Gasteiger partial charge in [-0.05, 0) is 31.4 Å². The van der Waals surface area contributed by atoms with E-state index in [0.29, 0.717) is 5.75 Å². The van der Waals surface area contributed by atoms with Gasteiger partial charge in [0, 0.05) is 17.3 Å². The average Bonchev–Trinajstić information content (AvgIpc) is 3.17. The summed E-state index contributed by atoms with van der Waals surface area (Å²) in [5.74, 6) is 2.85. The van der Waals surface area contributed by atoms with Crippen LogP contribution in [0.5, 0.6) is 0 Å². The molecule has 2 aromatic rings. The van der Waals surface area contributed by atoms with Crippen LogP contribution in [-0.2, 0) is 10.5 Å². The fourth-order valence-electron chi connectivity index (χ4n) is 2.79. The van der Waals surface area contributed by atoms with E-state index in [1.54, 1.807) is 11.8 Å². The van der Waals surface area contributed by atoms with Crippen LogP contribution in [0.15, 0.2) is 24.3 Å². The van der Waals surface area contributed by atoms with Crippen LogP contribution in [0.2, 0.25) is 5.02 Å². The molecule has 122 valence electrons. The first-order valence-electron chi connectivity index (χ1n) is 7.64. The lowest BCUT2D eigenvalue weighted by Gasteiger charge is -2.22. The Morgan fingerprint density at radius 3 is 3.04 bits per heavy atom. The number of aryl methyl sites for hydroxylation is 1. The van der Waals surface area contributed by atoms with Crippen molar-refractivity contribution in [2.75, 3.05) is 12.3 Å². The number of rotatable bonds is 5. The number of thioether (sulfide) groups is 1. The molecule has 23 heavy (non-hydrogen) atoms. The van der Waals surface area contributed by atoms with Crippen molar-refractivity contribution >= 4 is 29.3 Å². The Kier molecular flexibility index (Phi) is 5.23. The van der Waals surface area contributed by atoms with Crippen molar-refractivity contribution in [3.63, 3.8) is 0 Å². The maximum absolute atomic E-state index is 12.5. The van der Waals surface area contributed by atoms with Gasteiger partial charge in [0.2, 0.25) is 5.91 Å². The molecule has 1 N–H and O–H groups in total. The van der Waals surface area contributed by atoms with E-state index in [1.807, 2.05) is 36.1 Å². The van der Waals surface area contributed by atoms with Gasteiger partial charge in [0.15, 0.2) is 5.82 Å². The number of likely N-dealkylation sites (tertiary alicyclic amines) is 1. The number of hydrogen-bond donors (Lipinski definition) is 1. The highest BCUT2D eigenvalue weighted by atomic mass is 35.5. The minimum atomic E-state index is 0.00774. The van der Waals surface area contributed by atoms with Crippen LogP contribution in [0.3, 0.4) is 0 Å². The molecule has 0 unspecified atom stereocenters. The van der Waals surface area contributed by atoms with Crippen LogP contribution in [0, 0.1) is 6.92 Å². The lowest BCUT2D eigenvalue weighted by molar-refractivity contribution is -0.129. The number of carbonyl (C=O) groups is 1. The monoisotopic (exact) mass is 350 g/mol. The molecule has 0 bridgehead atoms. The number of carbonyl (C=O) groups excluding carboxylic acids is 1. The zero-order valence-corrected chi connectivity index (χ0v) is 14.5. The van der Waals surface area contributed by atoms with E-state index in [2.05, 4.69) is 15.2 Å². The summed E-state index contributed by atoms with van der Waals surface area (Å²) in [7, 11) is 0. The zero-order valence-electron chi connectivity index (χ0n) is 13.0. The number of aromatic nitrogens is 3. The standard InChI is InChI=1S/C16H19ClN4OS/c1-11-18-16(20-19-11)14-7-4-8-21(14)15(22)10-23-9-12-5-2-3-6-13(12)17/h2-3,5-6,14H,4,7-10H2,1H3,(H,18,19,20)/t14-/m0/s1. The molecule has 7 heteroatoms. The van der Waals surface area contributed by atoms with E-state index in [1.165, 1.54) is 0 Å². The lowest BCUT2D eigenvalue weighted by Crippen LogP contribution is -2.32. The van der Waals surface area contributed by atoms with Gasteiger partial charge in [-0.1, -0.05) is 29.8 Å². The third-order valence-electron chi connectivity index (χ3n) is 3.93. The molecule has 0 saturated carbocycles. The topological polar surface area (TPSA) is 61.9 Å². The Labute approximate surface area is 144 Å². The van der Waals surface area contributed by atoms with Crippen LogP contribution < -0.4 is 0 Å². The molecular formula is C16H19ClN4OS. The molecule has 1 atom stereocenters. The van der Waals surface area contributed by atoms with Gasteiger partial charge in [-0.3, -0.25) is 9.89 Å². The zero-order chi connectivity index (χ0) is 16.2. The Bertz CT molecular complexity index is 690. The van der Waals surface area contributed by atoms with Gasteiger partial charge in [0.25, 0.3) is 0 Å². The number of hydrogen-bond acceptors (Lipinski definition) is 4. The van der Waals surface area contributed by atoms with Crippen molar-refractivity contribution in [2.45, 2.75) is 31.6 Å². The van der Waals surface area contributed by atoms with E-state index < -0.39 is 0 Å². The predicted molar refractivity (Wildman–Crippen MR) is 92.4 cm³/mol. The van der Waals surface area contributed by atoms with E-state index in [9.17, 15) is 4.79 Å². The lowest BCUT2D eigenvalue weighted by atomic mass is 10.2. The van der Waals surface area contributed by atoms with Crippen LogP contribution in [-0.4, -0.2) is 38.3 Å². The molecule has 1 aliphatic heterocycles. The molecule has 2 heterocycles. The highest BCUT2D eigenvalue weighted by Crippen LogP contribution is 2.30. The Balaban J connectivity index is 1.56. The van der Waals surface area contributed by atoms with Crippen molar-refractivity contribution in [1.29, 1.82) is 0 Å². The predicted octanol–water partition coefficient (Wildman–Crippen LogP) is 3.36. The molecular weight excluding hydrogens is 332 g/mol. The molecule has 0 spiro atoms. The molecule has 1 aromatic heterocycles. The fourth-order valence-corrected chi connectivity index (χ4v) is 3.99. The largest absolute Gasteiger partial charge is 0.332 e. The van der Waals surface area contributed by atoms with Crippen LogP contribution in [0.25, 0.3) is 0 Å². The molecule has 1 fully saturated rings. The second-order valence-corrected chi connectivity index (χ2v) is 7.00. The van der Waals surface area contributed by atoms with E-state index >= 15 is 0 Å². The second kappa shape index (κ2) is 7.36. The normalized spacial score (nSPS) is 17.7. The van der Waals surface area contributed by atoms with Gasteiger partial charge >= 0.3 is 0 Å². The third kappa shape index (κ3) is 3.87. The quantitative estimate of drug-likeness (QED) is 0.898. The molecule has 0 aliphatic carbocycles. The van der Waals surface area contributed by atoms with Gasteiger partial charge in [-0.2, -0.15) is 5.10 Å². The summed E-state index contributed by atoms with van der Waals surface area (Å²) in [4.78, 5) is 18.8. The maximum atomic E-state index is 12.5. The van der Waals surface area contributed by atoms with E-state index in [0.717, 1.165) is 47.4 Å². The van der Waals surface area contributed by atoms with Crippen molar-refractivity contribution in [1.82, 2.24) is 20.1 Å². The summed E-state index contributed by atoms with van der Waals surface area (Å²) in [6, 6.07) is 7.76. The number of halogens is 1. The number of benzene rings is 1. The van der Waals surface area contributed by atoms with Gasteiger partial charge in [-0.25, -0.2) is 4.98 Å². The average molecular weight is 351 g/mol. The third-order valence-corrected chi connectivity index (χ3v) is 5.26.